The van der Waals surface area contributed by atoms with Gasteiger partial charge in [-0.1, -0.05) is 12.1 Å². The van der Waals surface area contributed by atoms with Gasteiger partial charge in [-0.15, -0.1) is 0 Å². The van der Waals surface area contributed by atoms with E-state index in [-0.39, 0.29) is 5.78 Å². The van der Waals surface area contributed by atoms with Crippen LogP contribution < -0.4 is 5.56 Å². The fourth-order valence-electron chi connectivity index (χ4n) is 1.95. The molecule has 7 heteroatoms. The van der Waals surface area contributed by atoms with Crippen LogP contribution in [-0.4, -0.2) is 32.6 Å². The molecule has 2 aromatic heterocycles. The van der Waals surface area contributed by atoms with Gasteiger partial charge in [0.1, 0.15) is 0 Å². The number of carbonyl (C=O) groups excluding carboxylic acids is 1. The molecule has 1 aromatic carbocycles. The minimum Gasteiger partial charge on any atom is -0.501 e. The molecule has 2 heterocycles. The Hall–Kier alpha value is -2.83. The molecule has 0 aliphatic carbocycles. The Morgan fingerprint density at radius 2 is 2.16 bits per heavy atom. The highest BCUT2D eigenvalue weighted by molar-refractivity contribution is 5.91. The number of ether oxygens (including phenoxy) is 1. The van der Waals surface area contributed by atoms with Gasteiger partial charge >= 0.3 is 11.5 Å². The molecule has 96 valence electrons. The van der Waals surface area contributed by atoms with Crippen LogP contribution in [0.15, 0.2) is 29.1 Å². The van der Waals surface area contributed by atoms with Crippen LogP contribution >= 0.6 is 0 Å². The molecule has 7 nitrogen and oxygen atoms in total. The summed E-state index contributed by atoms with van der Waals surface area (Å²) in [5.74, 6) is -1.42. The largest absolute Gasteiger partial charge is 0.501 e. The van der Waals surface area contributed by atoms with Crippen LogP contribution in [0.5, 0.6) is 5.75 Å². The number of aromatic hydroxyl groups is 1. The monoisotopic (exact) mass is 259 g/mol. The summed E-state index contributed by atoms with van der Waals surface area (Å²) in [6.45, 7) is 0. The first kappa shape index (κ1) is 11.3. The molecule has 0 saturated heterocycles. The molecule has 0 aliphatic rings. The van der Waals surface area contributed by atoms with Crippen LogP contribution in [0.25, 0.3) is 16.8 Å². The Morgan fingerprint density at radius 1 is 1.42 bits per heavy atom. The number of methoxy groups -OCH3 is 1. The van der Waals surface area contributed by atoms with Crippen molar-refractivity contribution in [3.05, 3.63) is 40.3 Å². The summed E-state index contributed by atoms with van der Waals surface area (Å²) in [5, 5.41) is 9.76. The summed E-state index contributed by atoms with van der Waals surface area (Å²) in [7, 11) is 1.15. The number of benzene rings is 1. The Bertz CT molecular complexity index is 862. The number of hydrogen-bond donors (Lipinski definition) is 2. The molecule has 0 atom stereocenters. The quantitative estimate of drug-likeness (QED) is 0.626. The predicted octanol–water partition coefficient (Wildman–Crippen LogP) is 0.668. The minimum atomic E-state index is -0.865. The Balaban J connectivity index is 2.49. The lowest BCUT2D eigenvalue weighted by molar-refractivity contribution is 0.0590. The second-order valence-electron chi connectivity index (χ2n) is 3.91. The van der Waals surface area contributed by atoms with E-state index >= 15 is 0 Å². The van der Waals surface area contributed by atoms with E-state index in [4.69, 9.17) is 0 Å². The number of aromatic amines is 1. The van der Waals surface area contributed by atoms with Gasteiger partial charge in [0.2, 0.25) is 11.5 Å². The van der Waals surface area contributed by atoms with E-state index in [0.717, 1.165) is 7.11 Å². The number of esters is 1. The Kier molecular flexibility index (Phi) is 2.28. The maximum absolute atomic E-state index is 12.1. The van der Waals surface area contributed by atoms with Crippen LogP contribution in [0.4, 0.5) is 0 Å². The smallest absolute Gasteiger partial charge is 0.360 e. The lowest BCUT2D eigenvalue weighted by Crippen LogP contribution is -2.18. The second-order valence-corrected chi connectivity index (χ2v) is 3.91. The summed E-state index contributed by atoms with van der Waals surface area (Å²) in [6.07, 6.45) is 0. The number of imidazole rings is 1. The molecule has 0 bridgehead atoms. The van der Waals surface area contributed by atoms with Crippen LogP contribution in [0.3, 0.4) is 0 Å². The van der Waals surface area contributed by atoms with Gasteiger partial charge in [-0.25, -0.2) is 14.2 Å². The molecule has 3 rings (SSSR count). The number of hydrogen-bond acceptors (Lipinski definition) is 5. The highest BCUT2D eigenvalue weighted by atomic mass is 16.5. The van der Waals surface area contributed by atoms with Crippen molar-refractivity contribution in [1.29, 1.82) is 0 Å². The Labute approximate surface area is 106 Å². The van der Waals surface area contributed by atoms with Crippen molar-refractivity contribution < 1.29 is 14.6 Å². The van der Waals surface area contributed by atoms with E-state index < -0.39 is 23.0 Å². The zero-order valence-corrected chi connectivity index (χ0v) is 9.88. The number of fused-ring (bicyclic) bond motifs is 3. The van der Waals surface area contributed by atoms with Gasteiger partial charge in [-0.2, -0.15) is 0 Å². The van der Waals surface area contributed by atoms with E-state index in [1.165, 1.54) is 4.40 Å². The topological polar surface area (TPSA) is 96.7 Å². The van der Waals surface area contributed by atoms with E-state index in [2.05, 4.69) is 14.7 Å². The summed E-state index contributed by atoms with van der Waals surface area (Å²) in [5.41, 5.74) is 0.122. The first-order chi connectivity index (χ1) is 9.13. The van der Waals surface area contributed by atoms with E-state index in [1.54, 1.807) is 24.3 Å². The normalized spacial score (nSPS) is 11.0. The third-order valence-electron chi connectivity index (χ3n) is 2.83. The number of para-hydroxylation sites is 2. The number of carbonyl (C=O) groups is 1. The van der Waals surface area contributed by atoms with Gasteiger partial charge in [0.25, 0.3) is 0 Å². The summed E-state index contributed by atoms with van der Waals surface area (Å²) >= 11 is 0. The molecule has 0 amide bonds. The number of H-pyrrole nitrogens is 1. The third kappa shape index (κ3) is 1.48. The van der Waals surface area contributed by atoms with Crippen molar-refractivity contribution >= 4 is 22.8 Å². The van der Waals surface area contributed by atoms with E-state index in [1.807, 2.05) is 0 Å². The van der Waals surface area contributed by atoms with E-state index in [9.17, 15) is 14.7 Å². The summed E-state index contributed by atoms with van der Waals surface area (Å²) in [4.78, 5) is 30.4. The van der Waals surface area contributed by atoms with Crippen molar-refractivity contribution in [3.8, 4) is 5.75 Å². The number of nitrogens with one attached hydrogen (secondary N) is 1. The van der Waals surface area contributed by atoms with Crippen molar-refractivity contribution in [3.63, 3.8) is 0 Å². The maximum Gasteiger partial charge on any atom is 0.360 e. The van der Waals surface area contributed by atoms with Crippen molar-refractivity contribution in [2.24, 2.45) is 0 Å². The second kappa shape index (κ2) is 3.84. The molecule has 0 unspecified atom stereocenters. The van der Waals surface area contributed by atoms with Crippen molar-refractivity contribution in [2.75, 3.05) is 7.11 Å². The fraction of sp³-hybridized carbons (Fsp3) is 0.0833. The highest BCUT2D eigenvalue weighted by Gasteiger charge is 2.20. The molecule has 0 radical (unpaired) electrons. The van der Waals surface area contributed by atoms with Gasteiger partial charge in [0.15, 0.2) is 5.69 Å². The summed E-state index contributed by atoms with van der Waals surface area (Å²) in [6, 6.07) is 7.02. The molecule has 0 spiro atoms. The number of nitrogens with zero attached hydrogens (tertiary/aromatic N) is 2. The molecule has 2 N–H and O–H groups in total. The van der Waals surface area contributed by atoms with Gasteiger partial charge in [-0.05, 0) is 12.1 Å². The van der Waals surface area contributed by atoms with Crippen LogP contribution in [0.2, 0.25) is 0 Å². The molecule has 0 aliphatic heterocycles. The molecular formula is C12H9N3O4. The van der Waals surface area contributed by atoms with Gasteiger partial charge in [0, 0.05) is 0 Å². The van der Waals surface area contributed by atoms with Crippen LogP contribution in [0.1, 0.15) is 10.5 Å². The average molecular weight is 259 g/mol. The SMILES string of the molecule is COC(=O)c1nc2[nH]c3ccccc3n2c(=O)c1O. The van der Waals surface area contributed by atoms with Crippen molar-refractivity contribution in [1.82, 2.24) is 14.4 Å². The Morgan fingerprint density at radius 3 is 2.89 bits per heavy atom. The number of rotatable bonds is 1. The molecule has 3 aromatic rings. The third-order valence-corrected chi connectivity index (χ3v) is 2.83. The zero-order valence-electron chi connectivity index (χ0n) is 9.88. The zero-order chi connectivity index (χ0) is 13.6. The average Bonchev–Trinajstić information content (AvgIpc) is 2.80. The molecule has 0 saturated carbocycles. The number of aromatic nitrogens is 3. The fourth-order valence-corrected chi connectivity index (χ4v) is 1.95. The highest BCUT2D eigenvalue weighted by Crippen LogP contribution is 2.17. The van der Waals surface area contributed by atoms with Crippen molar-refractivity contribution in [2.45, 2.75) is 0 Å². The van der Waals surface area contributed by atoms with Crippen LogP contribution in [-0.2, 0) is 4.74 Å². The van der Waals surface area contributed by atoms with Gasteiger partial charge < -0.3 is 14.8 Å². The molecular weight excluding hydrogens is 250 g/mol. The van der Waals surface area contributed by atoms with Gasteiger partial charge in [0.05, 0.1) is 18.1 Å². The van der Waals surface area contributed by atoms with Gasteiger partial charge in [-0.3, -0.25) is 4.79 Å². The maximum atomic E-state index is 12.1. The van der Waals surface area contributed by atoms with Crippen LogP contribution in [0, 0.1) is 0 Å². The van der Waals surface area contributed by atoms with E-state index in [0.29, 0.717) is 11.0 Å². The molecule has 0 fully saturated rings. The first-order valence-electron chi connectivity index (χ1n) is 5.44. The minimum absolute atomic E-state index is 0.171. The summed E-state index contributed by atoms with van der Waals surface area (Å²) < 4.78 is 5.68. The standard InChI is InChI=1S/C12H9N3O4/c1-19-11(18)8-9(16)10(17)15-7-5-3-2-4-6(7)13-12(15)14-8/h2-5,16H,1H3,(H,13,14). The first-order valence-corrected chi connectivity index (χ1v) is 5.44. The lowest BCUT2D eigenvalue weighted by Gasteiger charge is -2.01. The predicted molar refractivity (Wildman–Crippen MR) is 66.3 cm³/mol. The lowest BCUT2D eigenvalue weighted by atomic mass is 10.3. The molecule has 19 heavy (non-hydrogen) atoms.